The van der Waals surface area contributed by atoms with Gasteiger partial charge in [0.1, 0.15) is 0 Å². The number of hydrogen-bond donors (Lipinski definition) is 0. The van der Waals surface area contributed by atoms with Crippen LogP contribution < -0.4 is 0 Å². The highest BCUT2D eigenvalue weighted by atomic mass is 14.1. The first-order valence-corrected chi connectivity index (χ1v) is 9.34. The summed E-state index contributed by atoms with van der Waals surface area (Å²) in [6.45, 7) is 14.3. The Labute approximate surface area is 149 Å². The monoisotopic (exact) mass is 322 g/mol. The standard InChI is InChI=1S/C14H20.C10H14/c1-3-5-6-7-11-14-12-9-8-10-13(14)4-2;1-4-10-8(2)6-5-7-9(10)3/h4,8-10,12H,2-3,5-7,11H2,1H3;4-6,9H,1,7H2,2-3H3. The van der Waals surface area contributed by atoms with Gasteiger partial charge in [-0.2, -0.15) is 0 Å². The van der Waals surface area contributed by atoms with Crippen LogP contribution in [0.15, 0.2) is 66.8 Å². The van der Waals surface area contributed by atoms with E-state index in [1.54, 1.807) is 0 Å². The van der Waals surface area contributed by atoms with Gasteiger partial charge in [0.2, 0.25) is 0 Å². The SMILES string of the molecule is C=CC1=C(C)C=CCC1C.C=Cc1ccccc1CCCCCC. The largest absolute Gasteiger partial charge is 0.0988 e. The van der Waals surface area contributed by atoms with Crippen molar-refractivity contribution in [3.63, 3.8) is 0 Å². The maximum absolute atomic E-state index is 3.84. The van der Waals surface area contributed by atoms with E-state index in [4.69, 9.17) is 0 Å². The van der Waals surface area contributed by atoms with Crippen molar-refractivity contribution in [2.75, 3.05) is 0 Å². The lowest BCUT2D eigenvalue weighted by molar-refractivity contribution is 0.666. The second-order valence-corrected chi connectivity index (χ2v) is 6.60. The van der Waals surface area contributed by atoms with Crippen LogP contribution in [-0.4, -0.2) is 0 Å². The highest BCUT2D eigenvalue weighted by Crippen LogP contribution is 2.24. The third kappa shape index (κ3) is 6.74. The third-order valence-electron chi connectivity index (χ3n) is 4.64. The zero-order chi connectivity index (χ0) is 17.8. The molecule has 2 rings (SSSR count). The molecule has 1 aromatic carbocycles. The molecule has 0 bridgehead atoms. The van der Waals surface area contributed by atoms with Crippen molar-refractivity contribution in [1.29, 1.82) is 0 Å². The average Bonchev–Trinajstić information content (AvgIpc) is 2.60. The van der Waals surface area contributed by atoms with Crippen molar-refractivity contribution >= 4 is 6.08 Å². The predicted molar refractivity (Wildman–Crippen MR) is 110 cm³/mol. The molecule has 1 aliphatic carbocycles. The van der Waals surface area contributed by atoms with Crippen LogP contribution in [0.4, 0.5) is 0 Å². The third-order valence-corrected chi connectivity index (χ3v) is 4.64. The molecule has 0 aromatic heterocycles. The van der Waals surface area contributed by atoms with Crippen LogP contribution in [0, 0.1) is 5.92 Å². The second kappa shape index (κ2) is 11.7. The van der Waals surface area contributed by atoms with E-state index in [9.17, 15) is 0 Å². The van der Waals surface area contributed by atoms with Crippen LogP contribution in [0.25, 0.3) is 6.08 Å². The molecule has 1 atom stereocenters. The second-order valence-electron chi connectivity index (χ2n) is 6.60. The molecule has 1 unspecified atom stereocenters. The first-order chi connectivity index (χ1) is 11.6. The first kappa shape index (κ1) is 20.2. The predicted octanol–water partition coefficient (Wildman–Crippen LogP) is 7.54. The number of allylic oxidation sites excluding steroid dienone is 5. The number of unbranched alkanes of at least 4 members (excludes halogenated alkanes) is 3. The maximum atomic E-state index is 3.84. The minimum Gasteiger partial charge on any atom is -0.0988 e. The lowest BCUT2D eigenvalue weighted by atomic mass is 9.89. The molecule has 1 aliphatic rings. The van der Waals surface area contributed by atoms with Gasteiger partial charge in [-0.05, 0) is 54.4 Å². The fourth-order valence-corrected chi connectivity index (χ4v) is 3.13. The highest BCUT2D eigenvalue weighted by Gasteiger charge is 2.09. The Morgan fingerprint density at radius 2 is 1.83 bits per heavy atom. The summed E-state index contributed by atoms with van der Waals surface area (Å²) in [4.78, 5) is 0. The molecule has 0 amide bonds. The molecular weight excluding hydrogens is 288 g/mol. The van der Waals surface area contributed by atoms with Crippen molar-refractivity contribution in [2.24, 2.45) is 5.92 Å². The first-order valence-electron chi connectivity index (χ1n) is 9.34. The summed E-state index contributed by atoms with van der Waals surface area (Å²) in [6, 6.07) is 8.54. The van der Waals surface area contributed by atoms with Crippen LogP contribution in [0.1, 0.15) is 64.0 Å². The van der Waals surface area contributed by atoms with Gasteiger partial charge < -0.3 is 0 Å². The normalized spacial score (nSPS) is 16.4. The molecule has 0 heterocycles. The topological polar surface area (TPSA) is 0 Å². The van der Waals surface area contributed by atoms with Gasteiger partial charge in [-0.15, -0.1) is 0 Å². The van der Waals surface area contributed by atoms with Gasteiger partial charge >= 0.3 is 0 Å². The molecule has 1 aromatic rings. The number of aryl methyl sites for hydroxylation is 1. The van der Waals surface area contributed by atoms with Crippen LogP contribution in [-0.2, 0) is 6.42 Å². The molecule has 0 aliphatic heterocycles. The Balaban J connectivity index is 0.000000254. The van der Waals surface area contributed by atoms with E-state index in [-0.39, 0.29) is 0 Å². The maximum Gasteiger partial charge on any atom is -0.0153 e. The van der Waals surface area contributed by atoms with Crippen molar-refractivity contribution in [3.8, 4) is 0 Å². The van der Waals surface area contributed by atoms with E-state index < -0.39 is 0 Å². The summed E-state index contributed by atoms with van der Waals surface area (Å²) in [7, 11) is 0. The summed E-state index contributed by atoms with van der Waals surface area (Å²) in [5, 5.41) is 0. The van der Waals surface area contributed by atoms with Crippen molar-refractivity contribution in [1.82, 2.24) is 0 Å². The fourth-order valence-electron chi connectivity index (χ4n) is 3.13. The quantitative estimate of drug-likeness (QED) is 0.455. The average molecular weight is 323 g/mol. The molecule has 0 radical (unpaired) electrons. The van der Waals surface area contributed by atoms with Gasteiger partial charge in [-0.25, -0.2) is 0 Å². The molecule has 0 fully saturated rings. The molecule has 0 heteroatoms. The molecule has 130 valence electrons. The van der Waals surface area contributed by atoms with E-state index >= 15 is 0 Å². The summed E-state index contributed by atoms with van der Waals surface area (Å²) in [5.41, 5.74) is 5.51. The Hall–Kier alpha value is -1.82. The molecule has 0 N–H and O–H groups in total. The van der Waals surface area contributed by atoms with Crippen LogP contribution in [0.3, 0.4) is 0 Å². The lowest BCUT2D eigenvalue weighted by Gasteiger charge is -2.16. The summed E-state index contributed by atoms with van der Waals surface area (Å²) < 4.78 is 0. The zero-order valence-corrected chi connectivity index (χ0v) is 15.9. The summed E-state index contributed by atoms with van der Waals surface area (Å²) >= 11 is 0. The van der Waals surface area contributed by atoms with Crippen LogP contribution >= 0.6 is 0 Å². The van der Waals surface area contributed by atoms with Gasteiger partial charge in [0.15, 0.2) is 0 Å². The van der Waals surface area contributed by atoms with E-state index in [0.29, 0.717) is 5.92 Å². The van der Waals surface area contributed by atoms with Gasteiger partial charge in [0.05, 0.1) is 0 Å². The molecule has 0 saturated heterocycles. The van der Waals surface area contributed by atoms with E-state index in [1.807, 2.05) is 12.2 Å². The Morgan fingerprint density at radius 1 is 1.08 bits per heavy atom. The van der Waals surface area contributed by atoms with E-state index in [2.05, 4.69) is 70.3 Å². The van der Waals surface area contributed by atoms with Crippen molar-refractivity contribution in [2.45, 2.75) is 59.3 Å². The Morgan fingerprint density at radius 3 is 2.42 bits per heavy atom. The van der Waals surface area contributed by atoms with Gasteiger partial charge in [-0.1, -0.05) is 94.8 Å². The van der Waals surface area contributed by atoms with E-state index in [1.165, 1.54) is 60.8 Å². The molecule has 0 spiro atoms. The number of benzene rings is 1. The summed E-state index contributed by atoms with van der Waals surface area (Å²) in [6.07, 6.45) is 16.0. The molecule has 0 saturated carbocycles. The molecular formula is C24H34. The van der Waals surface area contributed by atoms with Gasteiger partial charge in [0, 0.05) is 0 Å². The van der Waals surface area contributed by atoms with Gasteiger partial charge in [0.25, 0.3) is 0 Å². The molecule has 0 nitrogen and oxygen atoms in total. The minimum absolute atomic E-state index is 0.669. The zero-order valence-electron chi connectivity index (χ0n) is 15.9. The minimum atomic E-state index is 0.669. The Bertz CT molecular complexity index is 571. The highest BCUT2D eigenvalue weighted by molar-refractivity contribution is 5.51. The number of hydrogen-bond acceptors (Lipinski definition) is 0. The fraction of sp³-hybridized carbons (Fsp3) is 0.417. The lowest BCUT2D eigenvalue weighted by Crippen LogP contribution is -2.01. The van der Waals surface area contributed by atoms with E-state index in [0.717, 1.165) is 0 Å². The van der Waals surface area contributed by atoms with Crippen LogP contribution in [0.2, 0.25) is 0 Å². The van der Waals surface area contributed by atoms with Crippen LogP contribution in [0.5, 0.6) is 0 Å². The van der Waals surface area contributed by atoms with Crippen molar-refractivity contribution < 1.29 is 0 Å². The van der Waals surface area contributed by atoms with Gasteiger partial charge in [-0.3, -0.25) is 0 Å². The number of rotatable bonds is 7. The summed E-state index contributed by atoms with van der Waals surface area (Å²) in [5.74, 6) is 0.669. The molecule has 24 heavy (non-hydrogen) atoms. The smallest absolute Gasteiger partial charge is 0.0153 e. The van der Waals surface area contributed by atoms with Crippen molar-refractivity contribution in [3.05, 3.63) is 77.9 Å². The Kier molecular flexibility index (Phi) is 9.84.